The van der Waals surface area contributed by atoms with Crippen molar-refractivity contribution < 1.29 is 0 Å². The molecule has 86 valence electrons. The van der Waals surface area contributed by atoms with Gasteiger partial charge in [0.1, 0.15) is 5.84 Å². The summed E-state index contributed by atoms with van der Waals surface area (Å²) in [6.45, 7) is 2.93. The molecule has 2 aromatic rings. The molecule has 2 heteroatoms. The average molecular weight is 224 g/mol. The molecule has 0 aliphatic carbocycles. The Balaban J connectivity index is 2.15. The number of fused-ring (bicyclic) bond motifs is 3. The number of benzene rings is 2. The molecule has 0 bridgehead atoms. The molecule has 2 nitrogen and oxygen atoms in total. The molecule has 2 aromatic carbocycles. The minimum absolute atomic E-state index is 0.850. The van der Waals surface area contributed by atoms with Gasteiger partial charge in [-0.15, -0.1) is 0 Å². The molecule has 1 aliphatic rings. The second-order valence-electron chi connectivity index (χ2n) is 4.37. The molecule has 1 N–H and O–H groups in total. The first-order valence-electron chi connectivity index (χ1n) is 6.19. The fourth-order valence-electron chi connectivity index (χ4n) is 2.44. The Morgan fingerprint density at radius 3 is 2.88 bits per heavy atom. The first kappa shape index (κ1) is 10.3. The van der Waals surface area contributed by atoms with Crippen molar-refractivity contribution in [2.45, 2.75) is 19.8 Å². The van der Waals surface area contributed by atoms with Crippen LogP contribution in [-0.4, -0.2) is 12.4 Å². The van der Waals surface area contributed by atoms with Crippen LogP contribution in [0.15, 0.2) is 41.4 Å². The summed E-state index contributed by atoms with van der Waals surface area (Å²) in [5.41, 5.74) is 2.65. The Kier molecular flexibility index (Phi) is 2.56. The van der Waals surface area contributed by atoms with Crippen LogP contribution in [-0.2, 0) is 6.42 Å². The van der Waals surface area contributed by atoms with E-state index in [2.05, 4.69) is 53.6 Å². The van der Waals surface area contributed by atoms with Crippen molar-refractivity contribution in [1.82, 2.24) is 0 Å². The van der Waals surface area contributed by atoms with Crippen LogP contribution in [0, 0.1) is 0 Å². The summed E-state index contributed by atoms with van der Waals surface area (Å²) in [5, 5.41) is 6.08. The summed E-state index contributed by atoms with van der Waals surface area (Å²) < 4.78 is 0. The summed E-state index contributed by atoms with van der Waals surface area (Å²) >= 11 is 0. The molecule has 0 spiro atoms. The van der Waals surface area contributed by atoms with E-state index in [9.17, 15) is 0 Å². The summed E-state index contributed by atoms with van der Waals surface area (Å²) in [7, 11) is 0. The lowest BCUT2D eigenvalue weighted by molar-refractivity contribution is 0.989. The fraction of sp³-hybridized carbons (Fsp3) is 0.267. The zero-order valence-corrected chi connectivity index (χ0v) is 10.0. The maximum absolute atomic E-state index is 4.49. The third-order valence-corrected chi connectivity index (χ3v) is 3.26. The number of hydrogen-bond acceptors (Lipinski definition) is 1. The molecule has 0 unspecified atom stereocenters. The molecule has 0 fully saturated rings. The van der Waals surface area contributed by atoms with Crippen molar-refractivity contribution in [1.29, 1.82) is 0 Å². The molecule has 0 amide bonds. The minimum Gasteiger partial charge on any atom is -0.343 e. The molecule has 1 aliphatic heterocycles. The summed E-state index contributed by atoms with van der Waals surface area (Å²) in [4.78, 5) is 4.49. The Morgan fingerprint density at radius 1 is 1.12 bits per heavy atom. The number of aliphatic imine (C=N–C) groups is 1. The first-order valence-corrected chi connectivity index (χ1v) is 6.19. The molecule has 0 atom stereocenters. The summed E-state index contributed by atoms with van der Waals surface area (Å²) in [5.74, 6) is 1.12. The van der Waals surface area contributed by atoms with Crippen molar-refractivity contribution in [2.24, 2.45) is 4.99 Å². The highest BCUT2D eigenvalue weighted by Gasteiger charge is 2.15. The van der Waals surface area contributed by atoms with Crippen molar-refractivity contribution in [2.75, 3.05) is 11.9 Å². The van der Waals surface area contributed by atoms with Crippen LogP contribution in [0.4, 0.5) is 5.69 Å². The Morgan fingerprint density at radius 2 is 2.00 bits per heavy atom. The average Bonchev–Trinajstić information content (AvgIpc) is 2.39. The van der Waals surface area contributed by atoms with E-state index in [4.69, 9.17) is 0 Å². The van der Waals surface area contributed by atoms with Crippen LogP contribution in [0.1, 0.15) is 18.9 Å². The third kappa shape index (κ3) is 1.80. The predicted octanol–water partition coefficient (Wildman–Crippen LogP) is 3.62. The molecule has 3 rings (SSSR count). The van der Waals surface area contributed by atoms with Gasteiger partial charge in [-0.3, -0.25) is 4.99 Å². The Labute approximate surface area is 101 Å². The second kappa shape index (κ2) is 4.21. The lowest BCUT2D eigenvalue weighted by Gasteiger charge is -2.21. The number of aryl methyl sites for hydroxylation is 1. The molecule has 0 saturated carbocycles. The van der Waals surface area contributed by atoms with Gasteiger partial charge in [-0.25, -0.2) is 0 Å². The van der Waals surface area contributed by atoms with Gasteiger partial charge in [-0.2, -0.15) is 0 Å². The second-order valence-corrected chi connectivity index (χ2v) is 4.37. The van der Waals surface area contributed by atoms with E-state index < -0.39 is 0 Å². The van der Waals surface area contributed by atoms with Gasteiger partial charge in [0.25, 0.3) is 0 Å². The van der Waals surface area contributed by atoms with Crippen LogP contribution < -0.4 is 5.32 Å². The van der Waals surface area contributed by atoms with E-state index in [-0.39, 0.29) is 0 Å². The SMILES string of the molecule is CCN=C1CCc2ccc3ccccc3c2N1. The van der Waals surface area contributed by atoms with Crippen LogP contribution in [0.3, 0.4) is 0 Å². The van der Waals surface area contributed by atoms with Crippen LogP contribution >= 0.6 is 0 Å². The zero-order chi connectivity index (χ0) is 11.7. The number of hydrogen-bond donors (Lipinski definition) is 1. The van der Waals surface area contributed by atoms with E-state index in [1.54, 1.807) is 0 Å². The van der Waals surface area contributed by atoms with Gasteiger partial charge >= 0.3 is 0 Å². The Bertz CT molecular complexity index is 584. The monoisotopic (exact) mass is 224 g/mol. The molecule has 1 heterocycles. The van der Waals surface area contributed by atoms with Crippen LogP contribution in [0.5, 0.6) is 0 Å². The Hall–Kier alpha value is -1.83. The van der Waals surface area contributed by atoms with Crippen molar-refractivity contribution in [3.8, 4) is 0 Å². The maximum atomic E-state index is 4.49. The number of amidine groups is 1. The molecular formula is C15H16N2. The number of anilines is 1. The zero-order valence-electron chi connectivity index (χ0n) is 10.0. The van der Waals surface area contributed by atoms with Crippen molar-refractivity contribution in [3.05, 3.63) is 42.0 Å². The standard InChI is InChI=1S/C15H16N2/c1-2-16-14-10-9-12-8-7-11-5-3-4-6-13(11)15(12)17-14/h3-8H,2,9-10H2,1H3,(H,16,17). The predicted molar refractivity (Wildman–Crippen MR) is 73.9 cm³/mol. The number of rotatable bonds is 1. The van der Waals surface area contributed by atoms with Crippen molar-refractivity contribution in [3.63, 3.8) is 0 Å². The van der Waals surface area contributed by atoms with Gasteiger partial charge in [0.05, 0.1) is 5.69 Å². The van der Waals surface area contributed by atoms with Gasteiger partial charge in [-0.05, 0) is 24.3 Å². The highest BCUT2D eigenvalue weighted by molar-refractivity contribution is 6.07. The highest BCUT2D eigenvalue weighted by Crippen LogP contribution is 2.31. The van der Waals surface area contributed by atoms with Gasteiger partial charge < -0.3 is 5.32 Å². The van der Waals surface area contributed by atoms with Gasteiger partial charge in [0.15, 0.2) is 0 Å². The molecule has 17 heavy (non-hydrogen) atoms. The van der Waals surface area contributed by atoms with E-state index in [1.165, 1.54) is 22.0 Å². The topological polar surface area (TPSA) is 24.4 Å². The first-order chi connectivity index (χ1) is 8.38. The smallest absolute Gasteiger partial charge is 0.101 e. The van der Waals surface area contributed by atoms with Crippen LogP contribution in [0.2, 0.25) is 0 Å². The lowest BCUT2D eigenvalue weighted by Crippen LogP contribution is -2.20. The number of nitrogens with zero attached hydrogens (tertiary/aromatic N) is 1. The van der Waals surface area contributed by atoms with E-state index in [0.29, 0.717) is 0 Å². The highest BCUT2D eigenvalue weighted by atomic mass is 15.0. The van der Waals surface area contributed by atoms with E-state index >= 15 is 0 Å². The maximum Gasteiger partial charge on any atom is 0.101 e. The summed E-state index contributed by atoms with van der Waals surface area (Å²) in [6.07, 6.45) is 2.12. The molecule has 0 saturated heterocycles. The number of nitrogens with one attached hydrogen (secondary N) is 1. The van der Waals surface area contributed by atoms with Gasteiger partial charge in [0, 0.05) is 18.4 Å². The van der Waals surface area contributed by atoms with Gasteiger partial charge in [-0.1, -0.05) is 36.4 Å². The normalized spacial score (nSPS) is 16.9. The quantitative estimate of drug-likeness (QED) is 0.786. The van der Waals surface area contributed by atoms with E-state index in [0.717, 1.165) is 25.2 Å². The summed E-state index contributed by atoms with van der Waals surface area (Å²) in [6, 6.07) is 12.9. The molecule has 0 aromatic heterocycles. The lowest BCUT2D eigenvalue weighted by atomic mass is 9.97. The third-order valence-electron chi connectivity index (χ3n) is 3.26. The van der Waals surface area contributed by atoms with E-state index in [1.807, 2.05) is 0 Å². The minimum atomic E-state index is 0.850. The fourth-order valence-corrected chi connectivity index (χ4v) is 2.44. The van der Waals surface area contributed by atoms with Crippen LogP contribution in [0.25, 0.3) is 10.8 Å². The van der Waals surface area contributed by atoms with Crippen molar-refractivity contribution >= 4 is 22.3 Å². The molecular weight excluding hydrogens is 208 g/mol. The van der Waals surface area contributed by atoms with Gasteiger partial charge in [0.2, 0.25) is 0 Å². The largest absolute Gasteiger partial charge is 0.343 e. The molecule has 0 radical (unpaired) electrons.